The molecule has 0 aliphatic heterocycles. The number of nitrogens with one attached hydrogen (secondary N) is 1. The van der Waals surface area contributed by atoms with Crippen molar-refractivity contribution in [3.05, 3.63) is 41.4 Å². The highest BCUT2D eigenvalue weighted by atomic mass is 16.5. The van der Waals surface area contributed by atoms with Crippen LogP contribution in [0.5, 0.6) is 0 Å². The number of hydrogen-bond acceptors (Lipinski definition) is 5. The van der Waals surface area contributed by atoms with Gasteiger partial charge in [-0.1, -0.05) is 11.2 Å². The van der Waals surface area contributed by atoms with Gasteiger partial charge in [0, 0.05) is 38.5 Å². The van der Waals surface area contributed by atoms with Gasteiger partial charge in [0.1, 0.15) is 11.6 Å². The Morgan fingerprint density at radius 3 is 2.89 bits per heavy atom. The van der Waals surface area contributed by atoms with Gasteiger partial charge in [-0.05, 0) is 13.0 Å². The van der Waals surface area contributed by atoms with Gasteiger partial charge in [-0.2, -0.15) is 0 Å². The molecule has 6 heteroatoms. The van der Waals surface area contributed by atoms with Gasteiger partial charge in [0.05, 0.1) is 0 Å². The van der Waals surface area contributed by atoms with Gasteiger partial charge in [-0.15, -0.1) is 0 Å². The Morgan fingerprint density at radius 1 is 1.47 bits per heavy atom. The third-order valence-corrected chi connectivity index (χ3v) is 2.59. The van der Waals surface area contributed by atoms with E-state index in [1.165, 1.54) is 0 Å². The SMILES string of the molecule is Cc1cc(C(=O)NCc2cccnc2N(C)C)no1. The molecule has 0 aliphatic rings. The molecule has 0 saturated heterocycles. The number of hydrogen-bond donors (Lipinski definition) is 1. The van der Waals surface area contributed by atoms with E-state index in [0.717, 1.165) is 11.4 Å². The maximum Gasteiger partial charge on any atom is 0.273 e. The minimum Gasteiger partial charge on any atom is -0.362 e. The van der Waals surface area contributed by atoms with Crippen LogP contribution in [0, 0.1) is 6.92 Å². The summed E-state index contributed by atoms with van der Waals surface area (Å²) in [6, 6.07) is 5.37. The Balaban J connectivity index is 2.05. The fraction of sp³-hybridized carbons (Fsp3) is 0.308. The van der Waals surface area contributed by atoms with Crippen molar-refractivity contribution in [3.8, 4) is 0 Å². The first kappa shape index (κ1) is 13.1. The molecular weight excluding hydrogens is 244 g/mol. The van der Waals surface area contributed by atoms with E-state index >= 15 is 0 Å². The average Bonchev–Trinajstić information content (AvgIpc) is 2.83. The van der Waals surface area contributed by atoms with E-state index in [0.29, 0.717) is 12.3 Å². The number of carbonyl (C=O) groups excluding carboxylic acids is 1. The van der Waals surface area contributed by atoms with E-state index in [4.69, 9.17) is 4.52 Å². The molecule has 0 fully saturated rings. The summed E-state index contributed by atoms with van der Waals surface area (Å²) in [7, 11) is 3.82. The molecule has 0 spiro atoms. The van der Waals surface area contributed by atoms with Crippen molar-refractivity contribution in [1.82, 2.24) is 15.5 Å². The van der Waals surface area contributed by atoms with E-state index < -0.39 is 0 Å². The maximum absolute atomic E-state index is 11.8. The van der Waals surface area contributed by atoms with E-state index in [-0.39, 0.29) is 11.6 Å². The molecule has 0 unspecified atom stereocenters. The molecular formula is C13H16N4O2. The van der Waals surface area contributed by atoms with Crippen LogP contribution in [0.4, 0.5) is 5.82 Å². The third-order valence-electron chi connectivity index (χ3n) is 2.59. The van der Waals surface area contributed by atoms with Crippen molar-refractivity contribution < 1.29 is 9.32 Å². The number of rotatable bonds is 4. The molecule has 2 aromatic rings. The number of carbonyl (C=O) groups is 1. The second-order valence-corrected chi connectivity index (χ2v) is 4.39. The van der Waals surface area contributed by atoms with Crippen molar-refractivity contribution in [1.29, 1.82) is 0 Å². The highest BCUT2D eigenvalue weighted by Gasteiger charge is 2.12. The largest absolute Gasteiger partial charge is 0.362 e. The topological polar surface area (TPSA) is 71.3 Å². The Morgan fingerprint density at radius 2 is 2.26 bits per heavy atom. The fourth-order valence-corrected chi connectivity index (χ4v) is 1.71. The Labute approximate surface area is 111 Å². The van der Waals surface area contributed by atoms with E-state index in [2.05, 4.69) is 15.5 Å². The standard InChI is InChI=1S/C13H16N4O2/c1-9-7-11(16-19-9)13(18)15-8-10-5-4-6-14-12(10)17(2)3/h4-7H,8H2,1-3H3,(H,15,18). The number of anilines is 1. The van der Waals surface area contributed by atoms with Gasteiger partial charge < -0.3 is 14.7 Å². The van der Waals surface area contributed by atoms with Gasteiger partial charge >= 0.3 is 0 Å². The predicted octanol–water partition coefficient (Wildman–Crippen LogP) is 1.37. The smallest absolute Gasteiger partial charge is 0.273 e. The predicted molar refractivity (Wildman–Crippen MR) is 71.0 cm³/mol. The van der Waals surface area contributed by atoms with E-state index in [1.54, 1.807) is 19.2 Å². The first-order valence-electron chi connectivity index (χ1n) is 5.90. The fourth-order valence-electron chi connectivity index (χ4n) is 1.71. The zero-order valence-corrected chi connectivity index (χ0v) is 11.2. The molecule has 2 rings (SSSR count). The summed E-state index contributed by atoms with van der Waals surface area (Å²) >= 11 is 0. The highest BCUT2D eigenvalue weighted by molar-refractivity contribution is 5.92. The molecule has 2 aromatic heterocycles. The van der Waals surface area contributed by atoms with Crippen LogP contribution in [0.2, 0.25) is 0 Å². The van der Waals surface area contributed by atoms with Gasteiger partial charge in [-0.3, -0.25) is 4.79 Å². The summed E-state index contributed by atoms with van der Waals surface area (Å²) in [5.41, 5.74) is 1.23. The molecule has 0 saturated carbocycles. The molecule has 2 heterocycles. The van der Waals surface area contributed by atoms with Crippen LogP contribution in [0.1, 0.15) is 21.8 Å². The van der Waals surface area contributed by atoms with Crippen LogP contribution in [0.15, 0.2) is 28.9 Å². The van der Waals surface area contributed by atoms with Crippen LogP contribution in [-0.4, -0.2) is 30.1 Å². The average molecular weight is 260 g/mol. The van der Waals surface area contributed by atoms with Gasteiger partial charge in [0.25, 0.3) is 5.91 Å². The summed E-state index contributed by atoms with van der Waals surface area (Å²) in [4.78, 5) is 18.0. The molecule has 1 N–H and O–H groups in total. The zero-order chi connectivity index (χ0) is 13.8. The molecule has 19 heavy (non-hydrogen) atoms. The highest BCUT2D eigenvalue weighted by Crippen LogP contribution is 2.14. The molecule has 0 atom stereocenters. The van der Waals surface area contributed by atoms with Crippen molar-refractivity contribution in [3.63, 3.8) is 0 Å². The molecule has 1 amide bonds. The molecule has 0 aromatic carbocycles. The Kier molecular flexibility index (Phi) is 3.79. The number of aryl methyl sites for hydroxylation is 1. The second kappa shape index (κ2) is 5.51. The lowest BCUT2D eigenvalue weighted by molar-refractivity contribution is 0.0942. The summed E-state index contributed by atoms with van der Waals surface area (Å²) in [5, 5.41) is 6.47. The summed E-state index contributed by atoms with van der Waals surface area (Å²) in [5.74, 6) is 1.19. The van der Waals surface area contributed by atoms with Gasteiger partial charge in [0.15, 0.2) is 5.69 Å². The van der Waals surface area contributed by atoms with Crippen molar-refractivity contribution in [2.75, 3.05) is 19.0 Å². The zero-order valence-electron chi connectivity index (χ0n) is 11.2. The van der Waals surface area contributed by atoms with E-state index in [9.17, 15) is 4.79 Å². The normalized spacial score (nSPS) is 10.3. The van der Waals surface area contributed by atoms with Crippen molar-refractivity contribution in [2.24, 2.45) is 0 Å². The Bertz CT molecular complexity index is 578. The van der Waals surface area contributed by atoms with E-state index in [1.807, 2.05) is 31.1 Å². The van der Waals surface area contributed by atoms with Crippen LogP contribution in [0.3, 0.4) is 0 Å². The van der Waals surface area contributed by atoms with Crippen molar-refractivity contribution in [2.45, 2.75) is 13.5 Å². The molecule has 0 bridgehead atoms. The third kappa shape index (κ3) is 3.09. The van der Waals surface area contributed by atoms with Crippen molar-refractivity contribution >= 4 is 11.7 Å². The summed E-state index contributed by atoms with van der Waals surface area (Å²) in [6.07, 6.45) is 1.72. The second-order valence-electron chi connectivity index (χ2n) is 4.39. The molecule has 0 aliphatic carbocycles. The number of pyridine rings is 1. The first-order chi connectivity index (χ1) is 9.08. The molecule has 0 radical (unpaired) electrons. The summed E-state index contributed by atoms with van der Waals surface area (Å²) < 4.78 is 4.87. The van der Waals surface area contributed by atoms with Gasteiger partial charge in [-0.25, -0.2) is 4.98 Å². The van der Waals surface area contributed by atoms with Crippen LogP contribution in [0.25, 0.3) is 0 Å². The molecule has 6 nitrogen and oxygen atoms in total. The van der Waals surface area contributed by atoms with Gasteiger partial charge in [0.2, 0.25) is 0 Å². The van der Waals surface area contributed by atoms with Crippen LogP contribution >= 0.6 is 0 Å². The lowest BCUT2D eigenvalue weighted by Gasteiger charge is -2.15. The summed E-state index contributed by atoms with van der Waals surface area (Å²) in [6.45, 7) is 2.14. The number of aromatic nitrogens is 2. The molecule has 100 valence electrons. The van der Waals surface area contributed by atoms with Crippen LogP contribution < -0.4 is 10.2 Å². The Hall–Kier alpha value is -2.37. The maximum atomic E-state index is 11.8. The quantitative estimate of drug-likeness (QED) is 0.899. The first-order valence-corrected chi connectivity index (χ1v) is 5.90. The lowest BCUT2D eigenvalue weighted by Crippen LogP contribution is -2.24. The number of amides is 1. The monoisotopic (exact) mass is 260 g/mol. The number of nitrogens with zero attached hydrogens (tertiary/aromatic N) is 3. The minimum absolute atomic E-state index is 0.259. The minimum atomic E-state index is -0.259. The van der Waals surface area contributed by atoms with Crippen LogP contribution in [-0.2, 0) is 6.54 Å². The lowest BCUT2D eigenvalue weighted by atomic mass is 10.2.